The van der Waals surface area contributed by atoms with Crippen LogP contribution < -0.4 is 4.90 Å². The largest absolute Gasteiger partial charge is 0.416 e. The number of halogens is 3. The standard InChI is InChI=1S/C19H15F3N2OS2/c20-19(21,22)13-5-6-15-12(9-13)3-1-7-24(15)17(25)10-14-11-27-18(23-14)16-4-2-8-26-16/h2,4-6,8-9,11H,1,3,7,10H2. The zero-order chi connectivity index (χ0) is 19.0. The van der Waals surface area contributed by atoms with Crippen molar-refractivity contribution in [1.82, 2.24) is 4.98 Å². The molecule has 0 fully saturated rings. The summed E-state index contributed by atoms with van der Waals surface area (Å²) in [6, 6.07) is 7.54. The molecule has 3 heterocycles. The topological polar surface area (TPSA) is 33.2 Å². The zero-order valence-corrected chi connectivity index (χ0v) is 15.8. The first-order valence-corrected chi connectivity index (χ1v) is 10.2. The molecule has 0 N–H and O–H groups in total. The van der Waals surface area contributed by atoms with E-state index in [9.17, 15) is 18.0 Å². The number of hydrogen-bond donors (Lipinski definition) is 0. The van der Waals surface area contributed by atoms with Gasteiger partial charge in [0.15, 0.2) is 0 Å². The first-order valence-electron chi connectivity index (χ1n) is 8.40. The number of thiazole rings is 1. The van der Waals surface area contributed by atoms with Crippen LogP contribution in [0.3, 0.4) is 0 Å². The van der Waals surface area contributed by atoms with Crippen LogP contribution in [-0.4, -0.2) is 17.4 Å². The third kappa shape index (κ3) is 3.77. The molecule has 0 radical (unpaired) electrons. The molecule has 2 aromatic heterocycles. The molecular formula is C19H15F3N2OS2. The van der Waals surface area contributed by atoms with E-state index in [1.807, 2.05) is 22.9 Å². The maximum absolute atomic E-state index is 12.9. The summed E-state index contributed by atoms with van der Waals surface area (Å²) in [6.07, 6.45) is -3.04. The van der Waals surface area contributed by atoms with E-state index in [0.717, 1.165) is 22.0 Å². The Morgan fingerprint density at radius 1 is 1.22 bits per heavy atom. The third-order valence-electron chi connectivity index (χ3n) is 4.44. The van der Waals surface area contributed by atoms with Gasteiger partial charge in [-0.3, -0.25) is 4.79 Å². The maximum atomic E-state index is 12.9. The van der Waals surface area contributed by atoms with E-state index >= 15 is 0 Å². The van der Waals surface area contributed by atoms with Gasteiger partial charge in [0.1, 0.15) is 5.01 Å². The van der Waals surface area contributed by atoms with Gasteiger partial charge in [-0.25, -0.2) is 4.98 Å². The summed E-state index contributed by atoms with van der Waals surface area (Å²) in [4.78, 5) is 19.9. The number of anilines is 1. The molecule has 1 aromatic carbocycles. The van der Waals surface area contributed by atoms with Crippen LogP contribution in [0.5, 0.6) is 0 Å². The number of fused-ring (bicyclic) bond motifs is 1. The van der Waals surface area contributed by atoms with Crippen molar-refractivity contribution in [3.63, 3.8) is 0 Å². The number of nitrogens with zero attached hydrogens (tertiary/aromatic N) is 2. The molecule has 27 heavy (non-hydrogen) atoms. The Bertz CT molecular complexity index is 964. The molecule has 0 aliphatic carbocycles. The molecule has 0 spiro atoms. The lowest BCUT2D eigenvalue weighted by molar-refractivity contribution is -0.137. The Morgan fingerprint density at radius 2 is 2.07 bits per heavy atom. The van der Waals surface area contributed by atoms with E-state index in [1.165, 1.54) is 17.4 Å². The molecule has 0 atom stereocenters. The molecule has 0 unspecified atom stereocenters. The molecule has 1 aliphatic rings. The highest BCUT2D eigenvalue weighted by Gasteiger charge is 2.32. The van der Waals surface area contributed by atoms with Gasteiger partial charge in [0.2, 0.25) is 5.91 Å². The fraction of sp³-hybridized carbons (Fsp3) is 0.263. The highest BCUT2D eigenvalue weighted by Crippen LogP contribution is 2.35. The summed E-state index contributed by atoms with van der Waals surface area (Å²) in [5, 5.41) is 4.72. The van der Waals surface area contributed by atoms with Crippen molar-refractivity contribution >= 4 is 34.3 Å². The predicted octanol–water partition coefficient (Wildman–Crippen LogP) is 5.41. The number of alkyl halides is 3. The lowest BCUT2D eigenvalue weighted by Gasteiger charge is -2.30. The number of hydrogen-bond acceptors (Lipinski definition) is 4. The molecule has 0 bridgehead atoms. The van der Waals surface area contributed by atoms with E-state index in [1.54, 1.807) is 16.2 Å². The number of amides is 1. The fourth-order valence-corrected chi connectivity index (χ4v) is 4.82. The van der Waals surface area contributed by atoms with Gasteiger partial charge >= 0.3 is 6.18 Å². The Labute approximate surface area is 162 Å². The lowest BCUT2D eigenvalue weighted by Crippen LogP contribution is -2.36. The average molecular weight is 408 g/mol. The van der Waals surface area contributed by atoms with E-state index < -0.39 is 11.7 Å². The lowest BCUT2D eigenvalue weighted by atomic mass is 9.98. The normalized spacial score (nSPS) is 14.3. The smallest absolute Gasteiger partial charge is 0.312 e. The van der Waals surface area contributed by atoms with Crippen molar-refractivity contribution in [2.24, 2.45) is 0 Å². The summed E-state index contributed by atoms with van der Waals surface area (Å²) < 4.78 is 38.8. The summed E-state index contributed by atoms with van der Waals surface area (Å²) in [5.74, 6) is -0.140. The molecule has 140 valence electrons. The van der Waals surface area contributed by atoms with Crippen molar-refractivity contribution in [2.45, 2.75) is 25.4 Å². The molecule has 3 nitrogen and oxygen atoms in total. The quantitative estimate of drug-likeness (QED) is 0.580. The van der Waals surface area contributed by atoms with Crippen LogP contribution in [0.25, 0.3) is 9.88 Å². The highest BCUT2D eigenvalue weighted by atomic mass is 32.1. The predicted molar refractivity (Wildman–Crippen MR) is 101 cm³/mol. The maximum Gasteiger partial charge on any atom is 0.416 e. The van der Waals surface area contributed by atoms with E-state index in [4.69, 9.17) is 0 Å². The van der Waals surface area contributed by atoms with E-state index in [0.29, 0.717) is 36.3 Å². The number of carbonyl (C=O) groups excluding carboxylic acids is 1. The number of benzene rings is 1. The van der Waals surface area contributed by atoms with Crippen molar-refractivity contribution < 1.29 is 18.0 Å². The number of aromatic nitrogens is 1. The Morgan fingerprint density at radius 3 is 2.81 bits per heavy atom. The van der Waals surface area contributed by atoms with Crippen LogP contribution in [-0.2, 0) is 23.8 Å². The number of carbonyl (C=O) groups is 1. The second-order valence-corrected chi connectivity index (χ2v) is 8.09. The van der Waals surface area contributed by atoms with Crippen LogP contribution in [0.4, 0.5) is 18.9 Å². The molecule has 0 saturated carbocycles. The summed E-state index contributed by atoms with van der Waals surface area (Å²) in [6.45, 7) is 0.513. The highest BCUT2D eigenvalue weighted by molar-refractivity contribution is 7.20. The Balaban J connectivity index is 1.54. The third-order valence-corrected chi connectivity index (χ3v) is 6.37. The van der Waals surface area contributed by atoms with Gasteiger partial charge in [-0.1, -0.05) is 6.07 Å². The Hall–Kier alpha value is -2.19. The van der Waals surface area contributed by atoms with Gasteiger partial charge in [-0.2, -0.15) is 13.2 Å². The fourth-order valence-electron chi connectivity index (χ4n) is 3.18. The Kier molecular flexibility index (Phi) is 4.77. The van der Waals surface area contributed by atoms with Crippen LogP contribution in [0.2, 0.25) is 0 Å². The number of rotatable bonds is 3. The summed E-state index contributed by atoms with van der Waals surface area (Å²) >= 11 is 3.08. The van der Waals surface area contributed by atoms with Crippen molar-refractivity contribution in [3.8, 4) is 9.88 Å². The molecule has 4 rings (SSSR count). The molecular weight excluding hydrogens is 393 g/mol. The van der Waals surface area contributed by atoms with E-state index in [2.05, 4.69) is 4.98 Å². The van der Waals surface area contributed by atoms with Crippen molar-refractivity contribution in [1.29, 1.82) is 0 Å². The van der Waals surface area contributed by atoms with Gasteiger partial charge in [0.25, 0.3) is 0 Å². The van der Waals surface area contributed by atoms with Gasteiger partial charge < -0.3 is 4.90 Å². The summed E-state index contributed by atoms with van der Waals surface area (Å²) in [5.41, 5.74) is 1.16. The first kappa shape index (κ1) is 18.2. The van der Waals surface area contributed by atoms with Crippen LogP contribution >= 0.6 is 22.7 Å². The SMILES string of the molecule is O=C(Cc1csc(-c2cccs2)n1)N1CCCc2cc(C(F)(F)F)ccc21. The average Bonchev–Trinajstić information content (AvgIpc) is 3.31. The minimum atomic E-state index is -4.37. The van der Waals surface area contributed by atoms with Crippen molar-refractivity contribution in [3.05, 3.63) is 57.9 Å². The molecule has 1 amide bonds. The van der Waals surface area contributed by atoms with Crippen molar-refractivity contribution in [2.75, 3.05) is 11.4 Å². The van der Waals surface area contributed by atoms with Crippen LogP contribution in [0.15, 0.2) is 41.1 Å². The first-order chi connectivity index (χ1) is 12.9. The molecule has 8 heteroatoms. The second kappa shape index (κ2) is 7.09. The van der Waals surface area contributed by atoms with Gasteiger partial charge in [-0.15, -0.1) is 22.7 Å². The number of aryl methyl sites for hydroxylation is 1. The zero-order valence-electron chi connectivity index (χ0n) is 14.1. The minimum absolute atomic E-state index is 0.140. The molecule has 1 aliphatic heterocycles. The van der Waals surface area contributed by atoms with E-state index in [-0.39, 0.29) is 12.3 Å². The summed E-state index contributed by atoms with van der Waals surface area (Å²) in [7, 11) is 0. The number of thiophene rings is 1. The van der Waals surface area contributed by atoms with Crippen LogP contribution in [0, 0.1) is 0 Å². The minimum Gasteiger partial charge on any atom is -0.312 e. The van der Waals surface area contributed by atoms with Gasteiger partial charge in [0.05, 0.1) is 22.6 Å². The van der Waals surface area contributed by atoms with Gasteiger partial charge in [0, 0.05) is 17.6 Å². The van der Waals surface area contributed by atoms with Crippen LogP contribution in [0.1, 0.15) is 23.2 Å². The van der Waals surface area contributed by atoms with Gasteiger partial charge in [-0.05, 0) is 48.1 Å². The molecule has 3 aromatic rings. The second-order valence-electron chi connectivity index (χ2n) is 6.29. The monoisotopic (exact) mass is 408 g/mol. The molecule has 0 saturated heterocycles.